The van der Waals surface area contributed by atoms with Crippen LogP contribution in [0.4, 0.5) is 4.79 Å². The Morgan fingerprint density at radius 2 is 2.12 bits per heavy atom. The zero-order valence-electron chi connectivity index (χ0n) is 13.4. The number of ether oxygens (including phenoxy) is 1. The lowest BCUT2D eigenvalue weighted by Crippen LogP contribution is -2.46. The normalized spacial score (nSPS) is 12.8. The summed E-state index contributed by atoms with van der Waals surface area (Å²) in [5, 5.41) is 20.7. The van der Waals surface area contributed by atoms with Crippen LogP contribution in [0.1, 0.15) is 25.8 Å². The molecule has 1 aromatic carbocycles. The van der Waals surface area contributed by atoms with E-state index in [4.69, 9.17) is 9.84 Å². The number of carboxylic acids is 1. The van der Waals surface area contributed by atoms with Gasteiger partial charge in [0.05, 0.1) is 0 Å². The van der Waals surface area contributed by atoms with Gasteiger partial charge in [0.1, 0.15) is 18.4 Å². The van der Waals surface area contributed by atoms with E-state index in [1.165, 1.54) is 12.1 Å². The zero-order valence-corrected chi connectivity index (χ0v) is 13.4. The van der Waals surface area contributed by atoms with Crippen molar-refractivity contribution < 1.29 is 29.4 Å². The van der Waals surface area contributed by atoms with Crippen LogP contribution < -0.4 is 10.1 Å². The van der Waals surface area contributed by atoms with Crippen molar-refractivity contribution in [2.75, 3.05) is 6.61 Å². The summed E-state index contributed by atoms with van der Waals surface area (Å²) in [6, 6.07) is 5.33. The van der Waals surface area contributed by atoms with E-state index in [2.05, 4.69) is 10.2 Å². The molecule has 0 saturated heterocycles. The Kier molecular flexibility index (Phi) is 7.47. The molecule has 1 rings (SSSR count). The lowest BCUT2D eigenvalue weighted by Gasteiger charge is -2.19. The van der Waals surface area contributed by atoms with Crippen LogP contribution in [-0.4, -0.2) is 34.9 Å². The minimum atomic E-state index is -1.13. The molecule has 0 fully saturated rings. The van der Waals surface area contributed by atoms with Crippen molar-refractivity contribution in [3.63, 3.8) is 0 Å². The summed E-state index contributed by atoms with van der Waals surface area (Å²) in [6.45, 7) is 3.43. The molecule has 24 heavy (non-hydrogen) atoms. The molecule has 132 valence electrons. The molecule has 0 bridgehead atoms. The summed E-state index contributed by atoms with van der Waals surface area (Å²) in [7, 11) is 0. The van der Waals surface area contributed by atoms with Gasteiger partial charge in [-0.05, 0) is 30.0 Å². The van der Waals surface area contributed by atoms with Crippen LogP contribution in [0, 0.1) is 16.0 Å². The molecule has 2 unspecified atom stereocenters. The first kappa shape index (κ1) is 19.2. The fourth-order valence-corrected chi connectivity index (χ4v) is 1.95. The van der Waals surface area contributed by atoms with Gasteiger partial charge in [0.15, 0.2) is 0 Å². The number of rotatable bonds is 9. The number of carbonyl (C=O) groups is 2. The summed E-state index contributed by atoms with van der Waals surface area (Å²) in [5.74, 6) is -1.17. The maximum Gasteiger partial charge on any atom is 0.413 e. The van der Waals surface area contributed by atoms with E-state index in [1.807, 2.05) is 6.92 Å². The van der Waals surface area contributed by atoms with Crippen molar-refractivity contribution in [2.45, 2.75) is 32.7 Å². The fraction of sp³-hybridized carbons (Fsp3) is 0.467. The molecular formula is C15H20N2O7. The average Bonchev–Trinajstić information content (AvgIpc) is 2.51. The molecule has 9 nitrogen and oxygen atoms in total. The van der Waals surface area contributed by atoms with Gasteiger partial charge in [-0.2, -0.15) is 0 Å². The summed E-state index contributed by atoms with van der Waals surface area (Å²) >= 11 is 0. The molecule has 2 atom stereocenters. The predicted octanol–water partition coefficient (Wildman–Crippen LogP) is 2.03. The van der Waals surface area contributed by atoms with Crippen LogP contribution in [0.2, 0.25) is 0 Å². The predicted molar refractivity (Wildman–Crippen MR) is 83.1 cm³/mol. The van der Waals surface area contributed by atoms with Crippen molar-refractivity contribution in [2.24, 2.45) is 5.92 Å². The van der Waals surface area contributed by atoms with Crippen molar-refractivity contribution in [3.05, 3.63) is 39.9 Å². The van der Waals surface area contributed by atoms with E-state index in [0.29, 0.717) is 12.0 Å². The molecule has 0 spiro atoms. The maximum atomic E-state index is 11.9. The molecule has 0 aliphatic rings. The summed E-state index contributed by atoms with van der Waals surface area (Å²) in [4.78, 5) is 37.3. The summed E-state index contributed by atoms with van der Waals surface area (Å²) < 4.78 is 5.07. The van der Waals surface area contributed by atoms with Gasteiger partial charge in [-0.3, -0.25) is 0 Å². The second-order valence-electron chi connectivity index (χ2n) is 5.19. The first-order chi connectivity index (χ1) is 11.3. The average molecular weight is 340 g/mol. The van der Waals surface area contributed by atoms with Gasteiger partial charge in [0, 0.05) is 0 Å². The first-order valence-electron chi connectivity index (χ1n) is 7.40. The van der Waals surface area contributed by atoms with Crippen LogP contribution in [0.25, 0.3) is 0 Å². The number of carboxylic acid groups (broad SMARTS) is 1. The molecular weight excluding hydrogens is 320 g/mol. The fourth-order valence-electron chi connectivity index (χ4n) is 1.95. The minimum absolute atomic E-state index is 0.113. The number of aliphatic carboxylic acids is 1. The Hall–Kier alpha value is -2.84. The van der Waals surface area contributed by atoms with E-state index in [1.54, 1.807) is 19.1 Å². The van der Waals surface area contributed by atoms with E-state index >= 15 is 0 Å². The van der Waals surface area contributed by atoms with E-state index < -0.39 is 23.2 Å². The van der Waals surface area contributed by atoms with Gasteiger partial charge in [-0.15, -0.1) is 10.1 Å². The summed E-state index contributed by atoms with van der Waals surface area (Å²) in [6.07, 6.45) is -0.0190. The van der Waals surface area contributed by atoms with Crippen LogP contribution in [-0.2, 0) is 16.1 Å². The minimum Gasteiger partial charge on any atom is -0.480 e. The highest BCUT2D eigenvalue weighted by molar-refractivity contribution is 5.81. The molecule has 0 saturated carbocycles. The number of carbonyl (C=O) groups excluding carboxylic acids is 1. The molecule has 0 heterocycles. The quantitative estimate of drug-likeness (QED) is 0.520. The molecule has 0 radical (unpaired) electrons. The van der Waals surface area contributed by atoms with Crippen LogP contribution >= 0.6 is 0 Å². The molecule has 0 aliphatic heterocycles. The highest BCUT2D eigenvalue weighted by Gasteiger charge is 2.26. The zero-order chi connectivity index (χ0) is 18.1. The maximum absolute atomic E-state index is 11.9. The van der Waals surface area contributed by atoms with Crippen LogP contribution in [0.3, 0.4) is 0 Å². The molecule has 1 amide bonds. The second-order valence-corrected chi connectivity index (χ2v) is 5.19. The van der Waals surface area contributed by atoms with Crippen LogP contribution in [0.5, 0.6) is 5.75 Å². The van der Waals surface area contributed by atoms with Gasteiger partial charge < -0.3 is 20.0 Å². The molecule has 0 aliphatic carbocycles. The van der Waals surface area contributed by atoms with Gasteiger partial charge in [0.2, 0.25) is 0 Å². The third-order valence-electron chi connectivity index (χ3n) is 3.45. The lowest BCUT2D eigenvalue weighted by atomic mass is 10.00. The highest BCUT2D eigenvalue weighted by Crippen LogP contribution is 2.15. The van der Waals surface area contributed by atoms with Crippen molar-refractivity contribution in [1.29, 1.82) is 0 Å². The van der Waals surface area contributed by atoms with Gasteiger partial charge >= 0.3 is 12.1 Å². The van der Waals surface area contributed by atoms with E-state index in [0.717, 1.165) is 0 Å². The Labute approximate surface area is 138 Å². The van der Waals surface area contributed by atoms with Gasteiger partial charge in [-0.1, -0.05) is 32.4 Å². The number of hydrogen-bond donors (Lipinski definition) is 2. The van der Waals surface area contributed by atoms with E-state index in [9.17, 15) is 19.7 Å². The number of amides is 1. The Morgan fingerprint density at radius 3 is 2.71 bits per heavy atom. The molecule has 1 aromatic rings. The smallest absolute Gasteiger partial charge is 0.413 e. The molecule has 2 N–H and O–H groups in total. The van der Waals surface area contributed by atoms with Crippen molar-refractivity contribution in [3.8, 4) is 5.75 Å². The van der Waals surface area contributed by atoms with E-state index in [-0.39, 0.29) is 24.7 Å². The third kappa shape index (κ3) is 6.51. The second kappa shape index (κ2) is 9.33. The molecule has 9 heteroatoms. The standard InChI is InChI=1S/C15H20N2O7/c1-3-10(2)13(14(18)19)16-15(20)24-12-6-4-5-11(9-12)7-8-23-17(21)22/h4-6,9-10,13H,3,7-8H2,1-2H3,(H,16,20)(H,18,19). The van der Waals surface area contributed by atoms with Gasteiger partial charge in [-0.25, -0.2) is 9.59 Å². The number of nitrogens with zero attached hydrogens (tertiary/aromatic N) is 1. The first-order valence-corrected chi connectivity index (χ1v) is 7.40. The third-order valence-corrected chi connectivity index (χ3v) is 3.45. The van der Waals surface area contributed by atoms with Gasteiger partial charge in [0.25, 0.3) is 5.09 Å². The number of hydrogen-bond acceptors (Lipinski definition) is 6. The van der Waals surface area contributed by atoms with Crippen molar-refractivity contribution >= 4 is 12.1 Å². The number of benzene rings is 1. The lowest BCUT2D eigenvalue weighted by molar-refractivity contribution is -0.757. The van der Waals surface area contributed by atoms with Crippen molar-refractivity contribution in [1.82, 2.24) is 5.32 Å². The topological polar surface area (TPSA) is 128 Å². The summed E-state index contributed by atoms with van der Waals surface area (Å²) in [5.41, 5.74) is 0.680. The number of nitrogens with one attached hydrogen (secondary N) is 1. The Balaban J connectivity index is 2.63. The largest absolute Gasteiger partial charge is 0.480 e. The molecule has 0 aromatic heterocycles. The monoisotopic (exact) mass is 340 g/mol. The Morgan fingerprint density at radius 1 is 1.42 bits per heavy atom. The van der Waals surface area contributed by atoms with Crippen LogP contribution in [0.15, 0.2) is 24.3 Å². The highest BCUT2D eigenvalue weighted by atomic mass is 16.9. The SMILES string of the molecule is CCC(C)C(NC(=O)Oc1cccc(CCO[N+](=O)[O-])c1)C(=O)O. The Bertz CT molecular complexity index is 591.